The van der Waals surface area contributed by atoms with Crippen molar-refractivity contribution in [2.24, 2.45) is 11.8 Å². The summed E-state index contributed by atoms with van der Waals surface area (Å²) in [5.74, 6) is -4.46. The Morgan fingerprint density at radius 3 is 2.54 bits per heavy atom. The number of anilines is 1. The van der Waals surface area contributed by atoms with Crippen molar-refractivity contribution < 1.29 is 19.5 Å². The Kier molecular flexibility index (Phi) is 5.79. The first-order valence-corrected chi connectivity index (χ1v) is 12.8. The quantitative estimate of drug-likeness (QED) is 0.321. The second-order valence-electron chi connectivity index (χ2n) is 10.1. The number of para-hydroxylation sites is 1. The monoisotopic (exact) mass is 538 g/mol. The van der Waals surface area contributed by atoms with Gasteiger partial charge in [-0.1, -0.05) is 48.0 Å². The third-order valence-electron chi connectivity index (χ3n) is 7.99. The summed E-state index contributed by atoms with van der Waals surface area (Å²) in [4.78, 5) is 45.5. The van der Waals surface area contributed by atoms with Gasteiger partial charge in [-0.25, -0.2) is 4.90 Å². The Hall–Kier alpha value is -4.45. The molecule has 9 heteroatoms. The molecule has 8 nitrogen and oxygen atoms in total. The molecular formula is C30H23ClN4O4. The number of nitrogens with one attached hydrogen (secondary N) is 2. The number of carbonyl (C=O) groups is 3. The molecule has 3 heterocycles. The largest absolute Gasteiger partial charge is 0.480 e. The van der Waals surface area contributed by atoms with Crippen LogP contribution in [0.3, 0.4) is 0 Å². The minimum atomic E-state index is -1.77. The van der Waals surface area contributed by atoms with Crippen molar-refractivity contribution in [3.8, 4) is 6.07 Å². The number of nitrogens with zero attached hydrogens (tertiary/aromatic N) is 2. The van der Waals surface area contributed by atoms with Gasteiger partial charge in [-0.2, -0.15) is 5.26 Å². The summed E-state index contributed by atoms with van der Waals surface area (Å²) in [6.07, 6.45) is 1.72. The van der Waals surface area contributed by atoms with Gasteiger partial charge in [-0.05, 0) is 53.9 Å². The molecule has 2 saturated heterocycles. The maximum Gasteiger partial charge on any atom is 0.325 e. The van der Waals surface area contributed by atoms with Gasteiger partial charge in [0.25, 0.3) is 0 Å². The van der Waals surface area contributed by atoms with Crippen molar-refractivity contribution in [2.45, 2.75) is 24.9 Å². The molecule has 39 heavy (non-hydrogen) atoms. The van der Waals surface area contributed by atoms with Crippen LogP contribution in [0.25, 0.3) is 10.9 Å². The molecule has 4 atom stereocenters. The molecule has 0 saturated carbocycles. The van der Waals surface area contributed by atoms with Gasteiger partial charge in [0.15, 0.2) is 0 Å². The normalized spacial score (nSPS) is 24.2. The van der Waals surface area contributed by atoms with Crippen LogP contribution in [-0.2, 0) is 20.8 Å². The molecule has 2 aliphatic rings. The third-order valence-corrected chi connectivity index (χ3v) is 8.40. The van der Waals surface area contributed by atoms with Crippen LogP contribution in [-0.4, -0.2) is 33.4 Å². The lowest BCUT2D eigenvalue weighted by Gasteiger charge is -2.31. The second-order valence-corrected chi connectivity index (χ2v) is 10.5. The molecule has 0 spiro atoms. The number of aromatic nitrogens is 1. The number of carboxylic acid groups (broad SMARTS) is 1. The van der Waals surface area contributed by atoms with Gasteiger partial charge < -0.3 is 10.1 Å². The van der Waals surface area contributed by atoms with Gasteiger partial charge in [0.05, 0.1) is 29.2 Å². The smallest absolute Gasteiger partial charge is 0.325 e. The number of hydrogen-bond acceptors (Lipinski definition) is 5. The van der Waals surface area contributed by atoms with E-state index in [1.165, 1.54) is 0 Å². The lowest BCUT2D eigenvalue weighted by atomic mass is 9.76. The first-order valence-electron chi connectivity index (χ1n) is 12.5. The topological polar surface area (TPSA) is 126 Å². The highest BCUT2D eigenvalue weighted by Crippen LogP contribution is 2.51. The number of hydrogen-bond donors (Lipinski definition) is 3. The summed E-state index contributed by atoms with van der Waals surface area (Å²) >= 11 is 6.33. The summed E-state index contributed by atoms with van der Waals surface area (Å²) < 4.78 is 0. The van der Waals surface area contributed by atoms with Crippen LogP contribution in [0.15, 0.2) is 72.9 Å². The summed E-state index contributed by atoms with van der Waals surface area (Å²) in [6, 6.07) is 20.4. The lowest BCUT2D eigenvalue weighted by Crippen LogP contribution is -2.57. The molecule has 0 bridgehead atoms. The van der Waals surface area contributed by atoms with Gasteiger partial charge >= 0.3 is 5.97 Å². The van der Waals surface area contributed by atoms with E-state index in [1.807, 2.05) is 31.2 Å². The van der Waals surface area contributed by atoms with Gasteiger partial charge in [0.2, 0.25) is 11.8 Å². The van der Waals surface area contributed by atoms with Gasteiger partial charge in [-0.15, -0.1) is 0 Å². The summed E-state index contributed by atoms with van der Waals surface area (Å²) in [6.45, 7) is 1.82. The van der Waals surface area contributed by atoms with Crippen molar-refractivity contribution in [3.05, 3.63) is 100 Å². The fourth-order valence-electron chi connectivity index (χ4n) is 6.04. The van der Waals surface area contributed by atoms with Gasteiger partial charge in [0, 0.05) is 34.6 Å². The van der Waals surface area contributed by atoms with Crippen molar-refractivity contribution in [3.63, 3.8) is 0 Å². The Bertz CT molecular complexity index is 1710. The van der Waals surface area contributed by atoms with E-state index in [0.29, 0.717) is 21.8 Å². The molecule has 4 aromatic rings. The SMILES string of the molecule is Cc1ccc(N2C(=O)C3C(c4ccc(C#N)cc4)NC(Cc4c[nH]c5ccccc45)(C(=O)O)C3C2=O)cc1Cl. The van der Waals surface area contributed by atoms with Crippen LogP contribution in [0.4, 0.5) is 5.69 Å². The molecule has 0 radical (unpaired) electrons. The van der Waals surface area contributed by atoms with Crippen LogP contribution in [0.2, 0.25) is 5.02 Å². The Morgan fingerprint density at radius 1 is 1.10 bits per heavy atom. The van der Waals surface area contributed by atoms with Crippen molar-refractivity contribution in [1.82, 2.24) is 10.3 Å². The van der Waals surface area contributed by atoms with Crippen LogP contribution < -0.4 is 10.2 Å². The molecule has 0 aliphatic carbocycles. The summed E-state index contributed by atoms with van der Waals surface area (Å²) in [5.41, 5.74) is 1.94. The van der Waals surface area contributed by atoms with Gasteiger partial charge in [0.1, 0.15) is 5.54 Å². The minimum Gasteiger partial charge on any atom is -0.480 e. The number of carbonyl (C=O) groups excluding carboxylic acids is 2. The van der Waals surface area contributed by atoms with E-state index < -0.39 is 41.2 Å². The minimum absolute atomic E-state index is 0.0260. The maximum atomic E-state index is 14.1. The zero-order chi connectivity index (χ0) is 27.5. The Morgan fingerprint density at radius 2 is 1.85 bits per heavy atom. The first-order chi connectivity index (χ1) is 18.7. The zero-order valence-corrected chi connectivity index (χ0v) is 21.6. The highest BCUT2D eigenvalue weighted by molar-refractivity contribution is 6.32. The van der Waals surface area contributed by atoms with E-state index >= 15 is 0 Å². The van der Waals surface area contributed by atoms with Crippen LogP contribution in [0, 0.1) is 30.1 Å². The fraction of sp³-hybridized carbons (Fsp3) is 0.200. The average Bonchev–Trinajstić information content (AvgIpc) is 3.58. The second kappa shape index (κ2) is 9.09. The molecule has 6 rings (SSSR count). The number of benzene rings is 3. The number of halogens is 1. The molecular weight excluding hydrogens is 516 g/mol. The highest BCUT2D eigenvalue weighted by atomic mass is 35.5. The fourth-order valence-corrected chi connectivity index (χ4v) is 6.22. The van der Waals surface area contributed by atoms with E-state index in [9.17, 15) is 24.8 Å². The summed E-state index contributed by atoms with van der Waals surface area (Å²) in [5, 5.41) is 24.5. The van der Waals surface area contributed by atoms with E-state index in [-0.39, 0.29) is 6.42 Å². The number of H-pyrrole nitrogens is 1. The molecule has 194 valence electrons. The standard InChI is InChI=1S/C30H23ClN4O4/c1-16-6-11-20(12-22(16)31)35-27(36)24-25(28(35)37)30(29(38)39,13-19-15-33-23-5-3-2-4-21(19)23)34-26(24)18-9-7-17(14-32)8-10-18/h2-12,15,24-26,33-34H,13H2,1H3,(H,38,39). The zero-order valence-electron chi connectivity index (χ0n) is 20.8. The molecule has 2 aliphatic heterocycles. The van der Waals surface area contributed by atoms with Crippen molar-refractivity contribution in [2.75, 3.05) is 4.90 Å². The number of aliphatic carboxylic acids is 1. The molecule has 2 fully saturated rings. The number of rotatable bonds is 5. The average molecular weight is 539 g/mol. The molecule has 3 N–H and O–H groups in total. The third kappa shape index (κ3) is 3.74. The van der Waals surface area contributed by atoms with Crippen molar-refractivity contribution >= 4 is 46.0 Å². The molecule has 3 aromatic carbocycles. The number of imide groups is 1. The number of carboxylic acids is 1. The highest BCUT2D eigenvalue weighted by Gasteiger charge is 2.68. The van der Waals surface area contributed by atoms with E-state index in [0.717, 1.165) is 26.9 Å². The summed E-state index contributed by atoms with van der Waals surface area (Å²) in [7, 11) is 0. The van der Waals surface area contributed by atoms with Crippen molar-refractivity contribution in [1.29, 1.82) is 5.26 Å². The Balaban J connectivity index is 1.51. The number of aromatic amines is 1. The van der Waals surface area contributed by atoms with Crippen LogP contribution in [0.1, 0.15) is 28.3 Å². The van der Waals surface area contributed by atoms with E-state index in [1.54, 1.807) is 48.7 Å². The van der Waals surface area contributed by atoms with Crippen LogP contribution in [0.5, 0.6) is 0 Å². The Labute approximate surface area is 228 Å². The van der Waals surface area contributed by atoms with E-state index in [4.69, 9.17) is 11.6 Å². The van der Waals surface area contributed by atoms with E-state index in [2.05, 4.69) is 16.4 Å². The number of fused-ring (bicyclic) bond motifs is 2. The number of aryl methyl sites for hydroxylation is 1. The van der Waals surface area contributed by atoms with Gasteiger partial charge in [-0.3, -0.25) is 19.7 Å². The maximum absolute atomic E-state index is 14.1. The lowest BCUT2D eigenvalue weighted by molar-refractivity contribution is -0.148. The predicted molar refractivity (Wildman–Crippen MR) is 145 cm³/mol. The molecule has 4 unspecified atom stereocenters. The number of nitriles is 1. The van der Waals surface area contributed by atoms with Crippen LogP contribution >= 0.6 is 11.6 Å². The molecule has 1 aromatic heterocycles. The number of amides is 2. The first kappa shape index (κ1) is 24.9. The predicted octanol–water partition coefficient (Wildman–Crippen LogP) is 4.52. The molecule has 2 amide bonds.